The molecule has 0 radical (unpaired) electrons. The van der Waals surface area contributed by atoms with Gasteiger partial charge < -0.3 is 19.7 Å². The van der Waals surface area contributed by atoms with Crippen molar-refractivity contribution in [2.24, 2.45) is 0 Å². The van der Waals surface area contributed by atoms with Crippen LogP contribution in [0, 0.1) is 0 Å². The zero-order valence-corrected chi connectivity index (χ0v) is 20.3. The van der Waals surface area contributed by atoms with E-state index in [9.17, 15) is 14.7 Å². The lowest BCUT2D eigenvalue weighted by atomic mass is 10.0. The number of aromatic nitrogens is 1. The van der Waals surface area contributed by atoms with Gasteiger partial charge >= 0.3 is 5.97 Å². The number of carbonyl (C=O) groups excluding carboxylic acids is 1. The monoisotopic (exact) mass is 500 g/mol. The molecule has 0 saturated carbocycles. The number of benzene rings is 3. The van der Waals surface area contributed by atoms with E-state index < -0.39 is 5.97 Å². The van der Waals surface area contributed by atoms with Crippen LogP contribution in [0.1, 0.15) is 44.8 Å². The average Bonchev–Trinajstić information content (AvgIpc) is 3.28. The molecule has 6 nitrogen and oxygen atoms in total. The molecule has 0 bridgehead atoms. The van der Waals surface area contributed by atoms with E-state index in [4.69, 9.17) is 16.3 Å². The normalized spacial score (nSPS) is 12.6. The molecule has 0 atom stereocenters. The Balaban J connectivity index is 1.38. The summed E-state index contributed by atoms with van der Waals surface area (Å²) in [6, 6.07) is 23.7. The molecule has 3 aromatic carbocycles. The Kier molecular flexibility index (Phi) is 6.78. The van der Waals surface area contributed by atoms with Crippen molar-refractivity contribution in [1.82, 2.24) is 4.57 Å². The second-order valence-corrected chi connectivity index (χ2v) is 9.18. The highest BCUT2D eigenvalue weighted by Crippen LogP contribution is 2.34. The Bertz CT molecular complexity index is 1410. The third-order valence-electron chi connectivity index (χ3n) is 6.35. The van der Waals surface area contributed by atoms with Crippen molar-refractivity contribution >= 4 is 29.2 Å². The molecule has 4 aromatic rings. The van der Waals surface area contributed by atoms with Crippen LogP contribution >= 0.6 is 11.6 Å². The predicted octanol–water partition coefficient (Wildman–Crippen LogP) is 6.67. The van der Waals surface area contributed by atoms with E-state index in [1.165, 1.54) is 6.07 Å². The molecule has 1 amide bonds. The molecule has 0 fully saturated rings. The third kappa shape index (κ3) is 4.99. The first-order valence-corrected chi connectivity index (χ1v) is 12.2. The zero-order chi connectivity index (χ0) is 25.1. The van der Waals surface area contributed by atoms with E-state index in [0.717, 1.165) is 37.1 Å². The van der Waals surface area contributed by atoms with E-state index in [1.54, 1.807) is 30.3 Å². The number of carboxylic acids is 1. The number of nitrogens with one attached hydrogen (secondary N) is 1. The number of carbonyl (C=O) groups is 2. The minimum absolute atomic E-state index is 0.156. The van der Waals surface area contributed by atoms with Crippen LogP contribution in [0.2, 0.25) is 5.02 Å². The van der Waals surface area contributed by atoms with Gasteiger partial charge in [0.15, 0.2) is 0 Å². The molecule has 0 spiro atoms. The molecule has 7 heteroatoms. The summed E-state index contributed by atoms with van der Waals surface area (Å²) in [7, 11) is 0. The number of ether oxygens (including phenoxy) is 1. The van der Waals surface area contributed by atoms with Gasteiger partial charge in [-0.25, -0.2) is 4.79 Å². The number of carboxylic acid groups (broad SMARTS) is 1. The largest absolute Gasteiger partial charge is 0.489 e. The Morgan fingerprint density at radius 2 is 1.72 bits per heavy atom. The fraction of sp³-hybridized carbons (Fsp3) is 0.172. The lowest BCUT2D eigenvalue weighted by Gasteiger charge is -2.20. The fourth-order valence-corrected chi connectivity index (χ4v) is 4.76. The van der Waals surface area contributed by atoms with Gasteiger partial charge in [0.1, 0.15) is 12.4 Å². The molecule has 2 N–H and O–H groups in total. The van der Waals surface area contributed by atoms with Gasteiger partial charge in [-0.3, -0.25) is 4.79 Å². The first kappa shape index (κ1) is 23.7. The Morgan fingerprint density at radius 1 is 0.944 bits per heavy atom. The summed E-state index contributed by atoms with van der Waals surface area (Å²) in [6.07, 6.45) is 2.68. The average molecular weight is 501 g/mol. The van der Waals surface area contributed by atoms with Crippen molar-refractivity contribution in [1.29, 1.82) is 0 Å². The number of hydrogen-bond donors (Lipinski definition) is 2. The third-order valence-corrected chi connectivity index (χ3v) is 6.58. The summed E-state index contributed by atoms with van der Waals surface area (Å²) >= 11 is 6.21. The number of hydrogen-bond acceptors (Lipinski definition) is 3. The van der Waals surface area contributed by atoms with E-state index in [-0.39, 0.29) is 11.5 Å². The van der Waals surface area contributed by atoms with Crippen LogP contribution in [0.5, 0.6) is 5.75 Å². The number of halogens is 1. The fourth-order valence-electron chi connectivity index (χ4n) is 4.58. The molecule has 1 aliphatic heterocycles. The molecule has 1 aliphatic rings. The molecule has 36 heavy (non-hydrogen) atoms. The van der Waals surface area contributed by atoms with Gasteiger partial charge in [0, 0.05) is 34.2 Å². The SMILES string of the molecule is O=C(O)c1ccc(Cl)cc1-c1cc(C(=O)Nc2ccc(OCc3ccccc3)cc2)c2n1CCCC2. The highest BCUT2D eigenvalue weighted by molar-refractivity contribution is 6.31. The molecule has 5 rings (SSSR count). The first-order chi connectivity index (χ1) is 17.5. The lowest BCUT2D eigenvalue weighted by molar-refractivity contribution is 0.0697. The molecule has 2 heterocycles. The second-order valence-electron chi connectivity index (χ2n) is 8.75. The van der Waals surface area contributed by atoms with Crippen LogP contribution in [-0.2, 0) is 19.6 Å². The molecular formula is C29H25ClN2O4. The summed E-state index contributed by atoms with van der Waals surface area (Å²) < 4.78 is 7.88. The summed E-state index contributed by atoms with van der Waals surface area (Å²) in [6.45, 7) is 1.19. The summed E-state index contributed by atoms with van der Waals surface area (Å²) in [4.78, 5) is 25.2. The Morgan fingerprint density at radius 3 is 2.47 bits per heavy atom. The number of rotatable bonds is 7. The van der Waals surface area contributed by atoms with Gasteiger partial charge in [0.05, 0.1) is 11.1 Å². The van der Waals surface area contributed by atoms with Crippen LogP contribution in [0.25, 0.3) is 11.3 Å². The van der Waals surface area contributed by atoms with Crippen molar-refractivity contribution in [3.05, 3.63) is 106 Å². The molecule has 1 aromatic heterocycles. The van der Waals surface area contributed by atoms with Crippen LogP contribution < -0.4 is 10.1 Å². The van der Waals surface area contributed by atoms with Crippen molar-refractivity contribution in [3.8, 4) is 17.0 Å². The van der Waals surface area contributed by atoms with E-state index in [2.05, 4.69) is 9.88 Å². The van der Waals surface area contributed by atoms with Crippen molar-refractivity contribution in [3.63, 3.8) is 0 Å². The molecule has 182 valence electrons. The van der Waals surface area contributed by atoms with Crippen molar-refractivity contribution < 1.29 is 19.4 Å². The maximum absolute atomic E-state index is 13.3. The van der Waals surface area contributed by atoms with Gasteiger partial charge in [-0.05, 0) is 73.4 Å². The van der Waals surface area contributed by atoms with Crippen molar-refractivity contribution in [2.45, 2.75) is 32.4 Å². The highest BCUT2D eigenvalue weighted by atomic mass is 35.5. The van der Waals surface area contributed by atoms with E-state index in [0.29, 0.717) is 39.9 Å². The van der Waals surface area contributed by atoms with E-state index >= 15 is 0 Å². The maximum Gasteiger partial charge on any atom is 0.336 e. The van der Waals surface area contributed by atoms with Crippen molar-refractivity contribution in [2.75, 3.05) is 5.32 Å². The lowest BCUT2D eigenvalue weighted by Crippen LogP contribution is -2.17. The summed E-state index contributed by atoms with van der Waals surface area (Å²) in [5, 5.41) is 13.1. The molecule has 0 saturated heterocycles. The molecule has 0 aliphatic carbocycles. The smallest absolute Gasteiger partial charge is 0.336 e. The number of nitrogens with zero attached hydrogens (tertiary/aromatic N) is 1. The Labute approximate surface area is 214 Å². The van der Waals surface area contributed by atoms with Crippen LogP contribution in [-0.4, -0.2) is 21.6 Å². The van der Waals surface area contributed by atoms with E-state index in [1.807, 2.05) is 42.5 Å². The number of amides is 1. The topological polar surface area (TPSA) is 80.6 Å². The minimum atomic E-state index is -1.03. The quantitative estimate of drug-likeness (QED) is 0.297. The number of fused-ring (bicyclic) bond motifs is 1. The number of aromatic carboxylic acids is 1. The highest BCUT2D eigenvalue weighted by Gasteiger charge is 2.25. The maximum atomic E-state index is 13.3. The van der Waals surface area contributed by atoms with Crippen LogP contribution in [0.4, 0.5) is 5.69 Å². The van der Waals surface area contributed by atoms with Gasteiger partial charge in [-0.15, -0.1) is 0 Å². The molecule has 0 unspecified atom stereocenters. The summed E-state index contributed by atoms with van der Waals surface area (Å²) in [5.74, 6) is -0.556. The standard InChI is InChI=1S/C29H25ClN2O4/c30-20-9-14-23(29(34)35)24(16-20)27-17-25(26-8-4-5-15-32(26)27)28(33)31-21-10-12-22(13-11-21)36-18-19-6-2-1-3-7-19/h1-3,6-7,9-14,16-17H,4-5,8,15,18H2,(H,31,33)(H,34,35). The Hall–Kier alpha value is -4.03. The van der Waals surface area contributed by atoms with Crippen LogP contribution in [0.15, 0.2) is 78.9 Å². The minimum Gasteiger partial charge on any atom is -0.489 e. The van der Waals surface area contributed by atoms with Crippen LogP contribution in [0.3, 0.4) is 0 Å². The van der Waals surface area contributed by atoms with Gasteiger partial charge in [0.25, 0.3) is 5.91 Å². The summed E-state index contributed by atoms with van der Waals surface area (Å²) in [5.41, 5.74) is 4.55. The van der Waals surface area contributed by atoms with Gasteiger partial charge in [-0.2, -0.15) is 0 Å². The predicted molar refractivity (Wildman–Crippen MR) is 140 cm³/mol. The van der Waals surface area contributed by atoms with Gasteiger partial charge in [0.2, 0.25) is 0 Å². The molecular weight excluding hydrogens is 476 g/mol. The zero-order valence-electron chi connectivity index (χ0n) is 19.5. The van der Waals surface area contributed by atoms with Gasteiger partial charge in [-0.1, -0.05) is 41.9 Å². The first-order valence-electron chi connectivity index (χ1n) is 11.8. The second kappa shape index (κ2) is 10.3. The number of anilines is 1.